The molecule has 122 valence electrons. The number of hydrogen-bond donors (Lipinski definition) is 1. The molecule has 1 aliphatic rings. The van der Waals surface area contributed by atoms with Gasteiger partial charge in [-0.15, -0.1) is 0 Å². The molecule has 1 aromatic carbocycles. The van der Waals surface area contributed by atoms with Crippen LogP contribution in [0.4, 0.5) is 5.82 Å². The van der Waals surface area contributed by atoms with Crippen LogP contribution in [0.5, 0.6) is 5.75 Å². The first kappa shape index (κ1) is 15.8. The van der Waals surface area contributed by atoms with Crippen LogP contribution >= 0.6 is 0 Å². The summed E-state index contributed by atoms with van der Waals surface area (Å²) in [5.41, 5.74) is 3.80. The normalized spacial score (nSPS) is 15.1. The molecular weight excluding hydrogens is 286 g/mol. The molecule has 0 radical (unpaired) electrons. The maximum absolute atomic E-state index is 9.41. The molecule has 4 nitrogen and oxygen atoms in total. The van der Waals surface area contributed by atoms with Crippen molar-refractivity contribution < 1.29 is 5.11 Å². The van der Waals surface area contributed by atoms with E-state index in [1.54, 1.807) is 12.1 Å². The standard InChI is InChI=1S/C19H25N3O/c1-13(12-15-8-10-16(23)11-9-15)22(3)19-17-6-4-5-7-18(17)20-14(2)21-19/h8-11,13,23H,4-7,12H2,1-3H3. The van der Waals surface area contributed by atoms with Gasteiger partial charge in [-0.25, -0.2) is 9.97 Å². The van der Waals surface area contributed by atoms with Crippen molar-refractivity contribution in [1.82, 2.24) is 9.97 Å². The van der Waals surface area contributed by atoms with Gasteiger partial charge in [0, 0.05) is 24.3 Å². The average molecular weight is 311 g/mol. The molecule has 1 unspecified atom stereocenters. The van der Waals surface area contributed by atoms with Gasteiger partial charge in [0.25, 0.3) is 0 Å². The Hall–Kier alpha value is -2.10. The molecule has 0 aliphatic heterocycles. The number of phenols is 1. The molecule has 3 rings (SSSR count). The number of rotatable bonds is 4. The van der Waals surface area contributed by atoms with Crippen LogP contribution in [0.3, 0.4) is 0 Å². The lowest BCUT2D eigenvalue weighted by Gasteiger charge is -2.30. The minimum atomic E-state index is 0.315. The fourth-order valence-electron chi connectivity index (χ4n) is 3.31. The smallest absolute Gasteiger partial charge is 0.135 e. The van der Waals surface area contributed by atoms with E-state index in [4.69, 9.17) is 4.98 Å². The topological polar surface area (TPSA) is 49.2 Å². The van der Waals surface area contributed by atoms with Crippen LogP contribution in [0.15, 0.2) is 24.3 Å². The van der Waals surface area contributed by atoms with E-state index in [-0.39, 0.29) is 0 Å². The van der Waals surface area contributed by atoms with E-state index in [1.807, 2.05) is 19.1 Å². The third-order valence-corrected chi connectivity index (χ3v) is 4.74. The van der Waals surface area contributed by atoms with Crippen molar-refractivity contribution in [2.75, 3.05) is 11.9 Å². The average Bonchev–Trinajstić information content (AvgIpc) is 2.55. The van der Waals surface area contributed by atoms with Gasteiger partial charge < -0.3 is 10.0 Å². The molecule has 0 amide bonds. The monoisotopic (exact) mass is 311 g/mol. The summed E-state index contributed by atoms with van der Waals surface area (Å²) in [6, 6.07) is 7.80. The van der Waals surface area contributed by atoms with Crippen LogP contribution in [0, 0.1) is 6.92 Å². The zero-order valence-electron chi connectivity index (χ0n) is 14.2. The molecule has 0 saturated heterocycles. The van der Waals surface area contributed by atoms with E-state index in [0.29, 0.717) is 11.8 Å². The third kappa shape index (κ3) is 3.46. The molecule has 1 aromatic heterocycles. The number of aromatic hydroxyl groups is 1. The van der Waals surface area contributed by atoms with Crippen LogP contribution < -0.4 is 4.90 Å². The van der Waals surface area contributed by atoms with Crippen LogP contribution in [0.2, 0.25) is 0 Å². The summed E-state index contributed by atoms with van der Waals surface area (Å²) in [6.45, 7) is 4.20. The van der Waals surface area contributed by atoms with Crippen molar-refractivity contribution in [1.29, 1.82) is 0 Å². The highest BCUT2D eigenvalue weighted by atomic mass is 16.3. The number of anilines is 1. The summed E-state index contributed by atoms with van der Waals surface area (Å²) in [4.78, 5) is 11.7. The Labute approximate surface area is 138 Å². The molecule has 4 heteroatoms. The number of aryl methyl sites for hydroxylation is 2. The summed E-state index contributed by atoms with van der Waals surface area (Å²) in [5, 5.41) is 9.41. The zero-order valence-corrected chi connectivity index (χ0v) is 14.2. The number of hydrogen-bond acceptors (Lipinski definition) is 4. The van der Waals surface area contributed by atoms with Crippen LogP contribution in [0.1, 0.15) is 42.4 Å². The molecule has 1 aliphatic carbocycles. The molecule has 0 fully saturated rings. The first-order valence-corrected chi connectivity index (χ1v) is 8.41. The van der Waals surface area contributed by atoms with Gasteiger partial charge in [0.15, 0.2) is 0 Å². The SMILES string of the molecule is Cc1nc2c(c(N(C)C(C)Cc3ccc(O)cc3)n1)CCCC2. The molecule has 23 heavy (non-hydrogen) atoms. The predicted molar refractivity (Wildman–Crippen MR) is 93.1 cm³/mol. The summed E-state index contributed by atoms with van der Waals surface area (Å²) < 4.78 is 0. The Balaban J connectivity index is 1.83. The minimum Gasteiger partial charge on any atom is -0.508 e. The van der Waals surface area contributed by atoms with Crippen LogP contribution in [-0.4, -0.2) is 28.2 Å². The van der Waals surface area contributed by atoms with Gasteiger partial charge in [0.05, 0.1) is 0 Å². The van der Waals surface area contributed by atoms with Gasteiger partial charge in [0.1, 0.15) is 17.4 Å². The van der Waals surface area contributed by atoms with Crippen molar-refractivity contribution in [3.63, 3.8) is 0 Å². The van der Waals surface area contributed by atoms with Crippen molar-refractivity contribution in [2.45, 2.75) is 52.0 Å². The number of nitrogens with zero attached hydrogens (tertiary/aromatic N) is 3. The van der Waals surface area contributed by atoms with Crippen molar-refractivity contribution >= 4 is 5.82 Å². The van der Waals surface area contributed by atoms with Gasteiger partial charge in [0.2, 0.25) is 0 Å². The molecule has 0 saturated carbocycles. The van der Waals surface area contributed by atoms with Gasteiger partial charge in [-0.3, -0.25) is 0 Å². The first-order chi connectivity index (χ1) is 11.0. The molecule has 2 aromatic rings. The summed E-state index contributed by atoms with van der Waals surface area (Å²) >= 11 is 0. The van der Waals surface area contributed by atoms with Gasteiger partial charge >= 0.3 is 0 Å². The third-order valence-electron chi connectivity index (χ3n) is 4.74. The summed E-state index contributed by atoms with van der Waals surface area (Å²) in [7, 11) is 2.13. The lowest BCUT2D eigenvalue weighted by Crippen LogP contribution is -2.33. The Bertz CT molecular complexity index is 682. The summed E-state index contributed by atoms with van der Waals surface area (Å²) in [5.74, 6) is 2.28. The Morgan fingerprint density at radius 1 is 1.13 bits per heavy atom. The van der Waals surface area contributed by atoms with Crippen molar-refractivity contribution in [2.24, 2.45) is 0 Å². The van der Waals surface area contributed by atoms with Crippen molar-refractivity contribution in [3.8, 4) is 5.75 Å². The highest BCUT2D eigenvalue weighted by Crippen LogP contribution is 2.29. The minimum absolute atomic E-state index is 0.315. The quantitative estimate of drug-likeness (QED) is 0.940. The molecular formula is C19H25N3O. The van der Waals surface area contributed by atoms with E-state index < -0.39 is 0 Å². The highest BCUT2D eigenvalue weighted by molar-refractivity contribution is 5.50. The molecule has 0 bridgehead atoms. The van der Waals surface area contributed by atoms with E-state index in [2.05, 4.69) is 23.9 Å². The van der Waals surface area contributed by atoms with Crippen LogP contribution in [-0.2, 0) is 19.3 Å². The molecule has 0 spiro atoms. The number of fused-ring (bicyclic) bond motifs is 1. The fraction of sp³-hybridized carbons (Fsp3) is 0.474. The lowest BCUT2D eigenvalue weighted by molar-refractivity contribution is 0.475. The Morgan fingerprint density at radius 3 is 2.57 bits per heavy atom. The largest absolute Gasteiger partial charge is 0.508 e. The van der Waals surface area contributed by atoms with E-state index in [0.717, 1.165) is 30.9 Å². The number of phenolic OH excluding ortho intramolecular Hbond substituents is 1. The van der Waals surface area contributed by atoms with Crippen LogP contribution in [0.25, 0.3) is 0 Å². The lowest BCUT2D eigenvalue weighted by atomic mass is 9.95. The molecule has 1 heterocycles. The maximum atomic E-state index is 9.41. The highest BCUT2D eigenvalue weighted by Gasteiger charge is 2.21. The zero-order chi connectivity index (χ0) is 16.4. The number of benzene rings is 1. The van der Waals surface area contributed by atoms with Crippen molar-refractivity contribution in [3.05, 3.63) is 46.9 Å². The second-order valence-electron chi connectivity index (χ2n) is 6.56. The predicted octanol–water partition coefficient (Wildman–Crippen LogP) is 3.44. The fourth-order valence-corrected chi connectivity index (χ4v) is 3.31. The second kappa shape index (κ2) is 6.57. The number of aromatic nitrogens is 2. The Morgan fingerprint density at radius 2 is 1.83 bits per heavy atom. The van der Waals surface area contributed by atoms with E-state index in [9.17, 15) is 5.11 Å². The van der Waals surface area contributed by atoms with E-state index >= 15 is 0 Å². The van der Waals surface area contributed by atoms with Gasteiger partial charge in [-0.05, 0) is 63.6 Å². The molecule has 1 N–H and O–H groups in total. The van der Waals surface area contributed by atoms with Gasteiger partial charge in [-0.1, -0.05) is 12.1 Å². The molecule has 1 atom stereocenters. The first-order valence-electron chi connectivity index (χ1n) is 8.41. The summed E-state index contributed by atoms with van der Waals surface area (Å²) in [6.07, 6.45) is 5.55. The van der Waals surface area contributed by atoms with E-state index in [1.165, 1.54) is 29.7 Å². The van der Waals surface area contributed by atoms with Gasteiger partial charge in [-0.2, -0.15) is 0 Å². The second-order valence-corrected chi connectivity index (χ2v) is 6.56. The number of likely N-dealkylation sites (N-methyl/N-ethyl adjacent to an activating group) is 1. The maximum Gasteiger partial charge on any atom is 0.135 e. The Kier molecular flexibility index (Phi) is 4.51.